The Balaban J connectivity index is 3.15. The van der Waals surface area contributed by atoms with Crippen LogP contribution in [0.15, 0.2) is 30.3 Å². The molecule has 6 heteroatoms. The fourth-order valence-corrected chi connectivity index (χ4v) is 2.05. The molecule has 0 saturated carbocycles. The van der Waals surface area contributed by atoms with E-state index in [0.29, 0.717) is 5.56 Å². The summed E-state index contributed by atoms with van der Waals surface area (Å²) in [6.07, 6.45) is -0.0749. The van der Waals surface area contributed by atoms with Crippen LogP contribution in [-0.4, -0.2) is 29.3 Å². The lowest BCUT2D eigenvalue weighted by molar-refractivity contribution is -0.514. The summed E-state index contributed by atoms with van der Waals surface area (Å²) in [6, 6.07) is 6.96. The molecular formula is C14H17NO5. The van der Waals surface area contributed by atoms with Crippen molar-refractivity contribution in [2.75, 3.05) is 6.61 Å². The second-order valence-corrected chi connectivity index (χ2v) is 4.41. The number of hydrogen-bond donors (Lipinski definition) is 0. The first-order chi connectivity index (χ1) is 9.47. The first-order valence-electron chi connectivity index (χ1n) is 6.31. The topological polar surface area (TPSA) is 86.5 Å². The molecule has 0 heterocycles. The molecule has 0 amide bonds. The van der Waals surface area contributed by atoms with Gasteiger partial charge in [0.25, 0.3) is 0 Å². The smallest absolute Gasteiger partial charge is 0.382 e. The zero-order chi connectivity index (χ0) is 15.1. The molecule has 0 saturated heterocycles. The standard InChI is InChI=1S/C14H17NO5/c1-3-20-14(17)13(15(18)19)12(9-10(2)16)11-7-5-4-6-8-11/h4-8,12-13H,3,9H2,1-2H3/t12-,13+/m1/s1. The number of ketones is 1. The monoisotopic (exact) mass is 279 g/mol. The van der Waals surface area contributed by atoms with Gasteiger partial charge in [-0.15, -0.1) is 0 Å². The highest BCUT2D eigenvalue weighted by atomic mass is 16.6. The average molecular weight is 279 g/mol. The van der Waals surface area contributed by atoms with Gasteiger partial charge in [0.15, 0.2) is 0 Å². The summed E-state index contributed by atoms with van der Waals surface area (Å²) in [5, 5.41) is 11.2. The first kappa shape index (κ1) is 15.8. The molecule has 6 nitrogen and oxygen atoms in total. The van der Waals surface area contributed by atoms with E-state index in [1.807, 2.05) is 0 Å². The van der Waals surface area contributed by atoms with Crippen LogP contribution in [0.2, 0.25) is 0 Å². The van der Waals surface area contributed by atoms with Crippen LogP contribution in [0.4, 0.5) is 0 Å². The van der Waals surface area contributed by atoms with E-state index < -0.39 is 22.9 Å². The van der Waals surface area contributed by atoms with E-state index >= 15 is 0 Å². The van der Waals surface area contributed by atoms with Crippen LogP contribution < -0.4 is 0 Å². The summed E-state index contributed by atoms with van der Waals surface area (Å²) < 4.78 is 4.76. The van der Waals surface area contributed by atoms with Gasteiger partial charge in [0.05, 0.1) is 12.5 Å². The number of Topliss-reactive ketones (excluding diaryl/α,β-unsaturated/α-hetero) is 1. The maximum absolute atomic E-state index is 11.8. The van der Waals surface area contributed by atoms with Crippen LogP contribution in [0, 0.1) is 10.1 Å². The van der Waals surface area contributed by atoms with Gasteiger partial charge >= 0.3 is 12.0 Å². The fraction of sp³-hybridized carbons (Fsp3) is 0.429. The predicted octanol–water partition coefficient (Wildman–Crippen LogP) is 1.96. The number of rotatable bonds is 7. The van der Waals surface area contributed by atoms with E-state index in [4.69, 9.17) is 4.74 Å². The van der Waals surface area contributed by atoms with Crippen LogP contribution in [0.25, 0.3) is 0 Å². The number of nitro groups is 1. The highest BCUT2D eigenvalue weighted by Gasteiger charge is 2.41. The molecule has 0 spiro atoms. The first-order valence-corrected chi connectivity index (χ1v) is 6.31. The van der Waals surface area contributed by atoms with Crippen molar-refractivity contribution < 1.29 is 19.2 Å². The lowest BCUT2D eigenvalue weighted by atomic mass is 9.87. The molecule has 0 radical (unpaired) electrons. The molecular weight excluding hydrogens is 262 g/mol. The minimum Gasteiger partial charge on any atom is -0.461 e. The molecule has 0 fully saturated rings. The van der Waals surface area contributed by atoms with Crippen LogP contribution in [0.3, 0.4) is 0 Å². The van der Waals surface area contributed by atoms with Crippen molar-refractivity contribution in [3.05, 3.63) is 46.0 Å². The molecule has 0 aliphatic carbocycles. The molecule has 0 bridgehead atoms. The summed E-state index contributed by atoms with van der Waals surface area (Å²) in [6.45, 7) is 2.99. The van der Waals surface area contributed by atoms with Gasteiger partial charge in [-0.2, -0.15) is 0 Å². The second-order valence-electron chi connectivity index (χ2n) is 4.41. The number of benzene rings is 1. The number of carbonyl (C=O) groups excluding carboxylic acids is 2. The molecule has 1 aromatic rings. The molecule has 0 N–H and O–H groups in total. The average Bonchev–Trinajstić information content (AvgIpc) is 2.38. The minimum absolute atomic E-state index is 0.0603. The molecule has 0 aliphatic rings. The maximum Gasteiger partial charge on any atom is 0.382 e. The van der Waals surface area contributed by atoms with E-state index in [9.17, 15) is 19.7 Å². The van der Waals surface area contributed by atoms with E-state index in [1.54, 1.807) is 37.3 Å². The van der Waals surface area contributed by atoms with Crippen LogP contribution >= 0.6 is 0 Å². The second kappa shape index (κ2) is 7.37. The molecule has 0 unspecified atom stereocenters. The fourth-order valence-electron chi connectivity index (χ4n) is 2.05. The molecule has 20 heavy (non-hydrogen) atoms. The Kier molecular flexibility index (Phi) is 5.83. The Morgan fingerprint density at radius 2 is 1.90 bits per heavy atom. The molecule has 2 atom stereocenters. The van der Waals surface area contributed by atoms with E-state index in [1.165, 1.54) is 6.92 Å². The molecule has 1 rings (SSSR count). The Bertz CT molecular complexity index is 486. The van der Waals surface area contributed by atoms with Gasteiger partial charge < -0.3 is 9.53 Å². The minimum atomic E-state index is -1.57. The Labute approximate surface area is 116 Å². The van der Waals surface area contributed by atoms with Gasteiger partial charge in [0.1, 0.15) is 5.78 Å². The van der Waals surface area contributed by atoms with Crippen molar-refractivity contribution in [2.24, 2.45) is 0 Å². The van der Waals surface area contributed by atoms with Crippen molar-refractivity contribution in [1.82, 2.24) is 0 Å². The third-order valence-electron chi connectivity index (χ3n) is 2.87. The van der Waals surface area contributed by atoms with Crippen LogP contribution in [0.1, 0.15) is 31.7 Å². The van der Waals surface area contributed by atoms with Gasteiger partial charge in [0.2, 0.25) is 0 Å². The summed E-state index contributed by atoms with van der Waals surface area (Å²) >= 11 is 0. The number of hydrogen-bond acceptors (Lipinski definition) is 5. The van der Waals surface area contributed by atoms with Crippen molar-refractivity contribution in [1.29, 1.82) is 0 Å². The zero-order valence-corrected chi connectivity index (χ0v) is 11.4. The van der Waals surface area contributed by atoms with Crippen molar-refractivity contribution in [2.45, 2.75) is 32.2 Å². The largest absolute Gasteiger partial charge is 0.461 e. The quantitative estimate of drug-likeness (QED) is 0.432. The van der Waals surface area contributed by atoms with E-state index in [2.05, 4.69) is 0 Å². The van der Waals surface area contributed by atoms with Gasteiger partial charge in [-0.1, -0.05) is 30.3 Å². The third kappa shape index (κ3) is 4.15. The Morgan fingerprint density at radius 1 is 1.30 bits per heavy atom. The number of esters is 1. The zero-order valence-electron chi connectivity index (χ0n) is 11.4. The Hall–Kier alpha value is -2.24. The van der Waals surface area contributed by atoms with Gasteiger partial charge in [-0.05, 0) is 19.4 Å². The van der Waals surface area contributed by atoms with E-state index in [-0.39, 0.29) is 18.8 Å². The molecule has 108 valence electrons. The number of nitrogens with zero attached hydrogens (tertiary/aromatic N) is 1. The van der Waals surface area contributed by atoms with E-state index in [0.717, 1.165) is 0 Å². The maximum atomic E-state index is 11.8. The predicted molar refractivity (Wildman–Crippen MR) is 71.9 cm³/mol. The normalized spacial score (nSPS) is 13.3. The molecule has 1 aromatic carbocycles. The summed E-state index contributed by atoms with van der Waals surface area (Å²) in [5.74, 6) is -1.94. The van der Waals surface area contributed by atoms with Gasteiger partial charge in [-0.25, -0.2) is 4.79 Å². The van der Waals surface area contributed by atoms with Crippen molar-refractivity contribution in [3.8, 4) is 0 Å². The summed E-state index contributed by atoms with van der Waals surface area (Å²) in [4.78, 5) is 33.7. The molecule has 0 aliphatic heterocycles. The van der Waals surface area contributed by atoms with Crippen molar-refractivity contribution >= 4 is 11.8 Å². The lowest BCUT2D eigenvalue weighted by Gasteiger charge is -2.19. The van der Waals surface area contributed by atoms with Crippen molar-refractivity contribution in [3.63, 3.8) is 0 Å². The Morgan fingerprint density at radius 3 is 2.35 bits per heavy atom. The van der Waals surface area contributed by atoms with Gasteiger partial charge in [-0.3, -0.25) is 10.1 Å². The number of ether oxygens (including phenoxy) is 1. The number of carbonyl (C=O) groups is 2. The summed E-state index contributed by atoms with van der Waals surface area (Å²) in [5.41, 5.74) is 0.581. The van der Waals surface area contributed by atoms with Crippen LogP contribution in [0.5, 0.6) is 0 Å². The lowest BCUT2D eigenvalue weighted by Crippen LogP contribution is -2.38. The van der Waals surface area contributed by atoms with Crippen LogP contribution in [-0.2, 0) is 14.3 Å². The summed E-state index contributed by atoms with van der Waals surface area (Å²) in [7, 11) is 0. The SMILES string of the molecule is CCOC(=O)[C@H]([C@H](CC(C)=O)c1ccccc1)[N+](=O)[O-]. The highest BCUT2D eigenvalue weighted by molar-refractivity contribution is 5.80. The van der Waals surface area contributed by atoms with Gasteiger partial charge in [0, 0.05) is 11.3 Å². The molecule has 0 aromatic heterocycles. The highest BCUT2D eigenvalue weighted by Crippen LogP contribution is 2.26. The third-order valence-corrected chi connectivity index (χ3v) is 2.87.